The summed E-state index contributed by atoms with van der Waals surface area (Å²) in [6, 6.07) is 1.28. The van der Waals surface area contributed by atoms with Gasteiger partial charge in [-0.15, -0.1) is 0 Å². The highest BCUT2D eigenvalue weighted by Gasteiger charge is 2.22. The van der Waals surface area contributed by atoms with Crippen LogP contribution in [-0.2, 0) is 4.79 Å². The summed E-state index contributed by atoms with van der Waals surface area (Å²) in [6.45, 7) is 6.50. The smallest absolute Gasteiger partial charge is 0.133 e. The number of carbonyl (C=O) groups is 1. The minimum atomic E-state index is 0.475. The van der Waals surface area contributed by atoms with E-state index in [0.29, 0.717) is 23.8 Å². The van der Waals surface area contributed by atoms with Gasteiger partial charge in [-0.05, 0) is 38.0 Å². The van der Waals surface area contributed by atoms with Crippen LogP contribution in [0.2, 0.25) is 0 Å². The Morgan fingerprint density at radius 2 is 1.88 bits per heavy atom. The molecule has 0 radical (unpaired) electrons. The molecule has 1 N–H and O–H groups in total. The number of rotatable bonds is 6. The van der Waals surface area contributed by atoms with E-state index in [9.17, 15) is 4.79 Å². The molecule has 1 saturated carbocycles. The summed E-state index contributed by atoms with van der Waals surface area (Å²) < 4.78 is 0. The van der Waals surface area contributed by atoms with Gasteiger partial charge in [0, 0.05) is 24.9 Å². The number of hydrogen-bond donors (Lipinski definition) is 1. The Labute approximate surface area is 100 Å². The van der Waals surface area contributed by atoms with Gasteiger partial charge in [-0.3, -0.25) is 4.79 Å². The Morgan fingerprint density at radius 1 is 1.25 bits per heavy atom. The van der Waals surface area contributed by atoms with Gasteiger partial charge in [0.1, 0.15) is 5.78 Å². The quantitative estimate of drug-likeness (QED) is 0.751. The van der Waals surface area contributed by atoms with Crippen molar-refractivity contribution < 1.29 is 4.79 Å². The Hall–Kier alpha value is -0.370. The molecule has 0 aromatic heterocycles. The largest absolute Gasteiger partial charge is 0.312 e. The fourth-order valence-electron chi connectivity index (χ4n) is 2.71. The normalized spacial score (nSPS) is 26.0. The maximum Gasteiger partial charge on any atom is 0.133 e. The predicted molar refractivity (Wildman–Crippen MR) is 68.5 cm³/mol. The molecule has 0 aromatic carbocycles. The lowest BCUT2D eigenvalue weighted by Crippen LogP contribution is -2.37. The summed E-state index contributed by atoms with van der Waals surface area (Å²) in [5.41, 5.74) is 0. The van der Waals surface area contributed by atoms with E-state index in [0.717, 1.165) is 19.3 Å². The van der Waals surface area contributed by atoms with Gasteiger partial charge in [-0.25, -0.2) is 0 Å². The van der Waals surface area contributed by atoms with Crippen molar-refractivity contribution in [3.8, 4) is 0 Å². The Morgan fingerprint density at radius 3 is 2.38 bits per heavy atom. The second kappa shape index (κ2) is 7.05. The fourth-order valence-corrected chi connectivity index (χ4v) is 2.71. The first-order valence-corrected chi connectivity index (χ1v) is 6.89. The lowest BCUT2D eigenvalue weighted by Gasteiger charge is -2.30. The van der Waals surface area contributed by atoms with Gasteiger partial charge in [-0.2, -0.15) is 0 Å². The zero-order valence-electron chi connectivity index (χ0n) is 11.1. The predicted octanol–water partition coefficient (Wildman–Crippen LogP) is 3.30. The van der Waals surface area contributed by atoms with Gasteiger partial charge in [0.15, 0.2) is 0 Å². The monoisotopic (exact) mass is 225 g/mol. The molecular weight excluding hydrogens is 198 g/mol. The Bertz CT molecular complexity index is 205. The maximum atomic E-state index is 11.6. The summed E-state index contributed by atoms with van der Waals surface area (Å²) in [5, 5.41) is 3.60. The average Bonchev–Trinajstić information content (AvgIpc) is 2.20. The summed E-state index contributed by atoms with van der Waals surface area (Å²) >= 11 is 0. The van der Waals surface area contributed by atoms with E-state index in [4.69, 9.17) is 0 Å². The minimum Gasteiger partial charge on any atom is -0.312 e. The highest BCUT2D eigenvalue weighted by atomic mass is 16.1. The molecule has 0 amide bonds. The van der Waals surface area contributed by atoms with E-state index in [1.807, 2.05) is 0 Å². The van der Waals surface area contributed by atoms with Gasteiger partial charge >= 0.3 is 0 Å². The number of nitrogens with one attached hydrogen (secondary N) is 1. The molecule has 0 saturated heterocycles. The van der Waals surface area contributed by atoms with Crippen LogP contribution in [-0.4, -0.2) is 17.9 Å². The summed E-state index contributed by atoms with van der Waals surface area (Å²) in [7, 11) is 0. The summed E-state index contributed by atoms with van der Waals surface area (Å²) in [5.74, 6) is 1.15. The van der Waals surface area contributed by atoms with Crippen molar-refractivity contribution in [2.45, 2.75) is 77.8 Å². The third-order valence-electron chi connectivity index (χ3n) is 3.46. The topological polar surface area (TPSA) is 29.1 Å². The van der Waals surface area contributed by atoms with E-state index in [-0.39, 0.29) is 0 Å². The van der Waals surface area contributed by atoms with Gasteiger partial charge in [0.2, 0.25) is 0 Å². The fraction of sp³-hybridized carbons (Fsp3) is 0.929. The van der Waals surface area contributed by atoms with Gasteiger partial charge in [0.25, 0.3) is 0 Å². The van der Waals surface area contributed by atoms with Crippen LogP contribution in [0.1, 0.15) is 65.7 Å². The number of carbonyl (C=O) groups excluding carboxylic acids is 1. The molecule has 0 spiro atoms. The third kappa shape index (κ3) is 5.11. The zero-order valence-corrected chi connectivity index (χ0v) is 11.1. The second-order valence-electron chi connectivity index (χ2n) is 5.53. The van der Waals surface area contributed by atoms with Gasteiger partial charge in [-0.1, -0.05) is 20.8 Å². The first-order valence-electron chi connectivity index (χ1n) is 6.89. The molecule has 94 valence electrons. The second-order valence-corrected chi connectivity index (χ2v) is 5.53. The molecule has 1 aliphatic carbocycles. The van der Waals surface area contributed by atoms with Crippen molar-refractivity contribution in [3.63, 3.8) is 0 Å². The van der Waals surface area contributed by atoms with Crippen LogP contribution in [0.25, 0.3) is 0 Å². The highest BCUT2D eigenvalue weighted by Crippen LogP contribution is 2.27. The third-order valence-corrected chi connectivity index (χ3v) is 3.46. The molecule has 0 bridgehead atoms. The van der Waals surface area contributed by atoms with E-state index in [1.165, 1.54) is 25.7 Å². The van der Waals surface area contributed by atoms with Crippen molar-refractivity contribution >= 4 is 5.78 Å². The van der Waals surface area contributed by atoms with E-state index >= 15 is 0 Å². The number of hydrogen-bond acceptors (Lipinski definition) is 2. The van der Waals surface area contributed by atoms with Gasteiger partial charge in [0.05, 0.1) is 0 Å². The van der Waals surface area contributed by atoms with Crippen molar-refractivity contribution in [1.29, 1.82) is 0 Å². The molecule has 0 unspecified atom stereocenters. The number of ketones is 1. The molecule has 2 nitrogen and oxygen atoms in total. The van der Waals surface area contributed by atoms with Crippen LogP contribution in [0.15, 0.2) is 0 Å². The number of Topliss-reactive ketones (excluding diaryl/α,β-unsaturated/α-hetero) is 1. The van der Waals surface area contributed by atoms with Crippen LogP contribution in [0.4, 0.5) is 0 Å². The minimum absolute atomic E-state index is 0.475. The van der Waals surface area contributed by atoms with Crippen molar-refractivity contribution in [2.24, 2.45) is 5.92 Å². The molecule has 16 heavy (non-hydrogen) atoms. The standard InChI is InChI=1S/C14H27NO/c1-4-5-14(16)10-12-6-8-13(9-7-12)15-11(2)3/h11-13,15H,4-10H2,1-3H3. The Kier molecular flexibility index (Phi) is 6.04. The maximum absolute atomic E-state index is 11.6. The van der Waals surface area contributed by atoms with E-state index in [2.05, 4.69) is 26.1 Å². The van der Waals surface area contributed by atoms with Crippen LogP contribution in [0.5, 0.6) is 0 Å². The molecule has 1 fully saturated rings. The first kappa shape index (κ1) is 13.7. The summed E-state index contributed by atoms with van der Waals surface area (Å²) in [4.78, 5) is 11.6. The van der Waals surface area contributed by atoms with Crippen molar-refractivity contribution in [3.05, 3.63) is 0 Å². The lowest BCUT2D eigenvalue weighted by molar-refractivity contribution is -0.120. The van der Waals surface area contributed by atoms with E-state index < -0.39 is 0 Å². The van der Waals surface area contributed by atoms with Gasteiger partial charge < -0.3 is 5.32 Å². The average molecular weight is 225 g/mol. The SMILES string of the molecule is CCCC(=O)CC1CCC(NC(C)C)CC1. The van der Waals surface area contributed by atoms with Crippen LogP contribution >= 0.6 is 0 Å². The van der Waals surface area contributed by atoms with Crippen LogP contribution in [0.3, 0.4) is 0 Å². The molecular formula is C14H27NO. The van der Waals surface area contributed by atoms with Crippen molar-refractivity contribution in [2.75, 3.05) is 0 Å². The van der Waals surface area contributed by atoms with Crippen LogP contribution < -0.4 is 5.32 Å². The Balaban J connectivity index is 2.19. The summed E-state index contributed by atoms with van der Waals surface area (Å²) in [6.07, 6.45) is 7.60. The van der Waals surface area contributed by atoms with Crippen LogP contribution in [0, 0.1) is 5.92 Å². The zero-order chi connectivity index (χ0) is 12.0. The molecule has 0 aliphatic heterocycles. The molecule has 1 aliphatic rings. The van der Waals surface area contributed by atoms with Crippen molar-refractivity contribution in [1.82, 2.24) is 5.32 Å². The lowest BCUT2D eigenvalue weighted by atomic mass is 9.82. The molecule has 0 atom stereocenters. The molecule has 0 aromatic rings. The highest BCUT2D eigenvalue weighted by molar-refractivity contribution is 5.78. The molecule has 0 heterocycles. The first-order chi connectivity index (χ1) is 7.61. The molecule has 2 heteroatoms. The molecule has 1 rings (SSSR count). The van der Waals surface area contributed by atoms with E-state index in [1.54, 1.807) is 0 Å².